The second-order valence-corrected chi connectivity index (χ2v) is 9.09. The Morgan fingerprint density at radius 3 is 2.39 bits per heavy atom. The molecule has 0 aliphatic carbocycles. The van der Waals surface area contributed by atoms with Crippen LogP contribution < -0.4 is 10.1 Å². The van der Waals surface area contributed by atoms with Gasteiger partial charge in [-0.25, -0.2) is 14.8 Å². The third-order valence-electron chi connectivity index (χ3n) is 6.47. The summed E-state index contributed by atoms with van der Waals surface area (Å²) in [6, 6.07) is 15.4. The van der Waals surface area contributed by atoms with E-state index in [1.807, 2.05) is 48.5 Å². The lowest BCUT2D eigenvalue weighted by Gasteiger charge is -2.34. The molecule has 12 heteroatoms. The van der Waals surface area contributed by atoms with Gasteiger partial charge in [-0.1, -0.05) is 36.4 Å². The van der Waals surface area contributed by atoms with Crippen molar-refractivity contribution >= 4 is 22.6 Å². The topological polar surface area (TPSA) is 99.3 Å². The standard InChI is InChI=1S/C20H20F3N7O2.C6H6/c1-32-18-24-6-12(7-25-18)17-14-4-11-8-30(13-2-3-29(9-13)10-20(21,22)23)19(31)26-15(11)5-16(14)27-28-17;1-2-4-6-5-3-1/h4-7,13H,2-3,8-10H2,1H3,(H,26,31)(H,27,28);1-6H. The van der Waals surface area contributed by atoms with Crippen LogP contribution in [0.5, 0.6) is 6.01 Å². The summed E-state index contributed by atoms with van der Waals surface area (Å²) in [4.78, 5) is 23.9. The van der Waals surface area contributed by atoms with Gasteiger partial charge >= 0.3 is 18.2 Å². The number of carbonyl (C=O) groups excluding carboxylic acids is 1. The molecule has 1 saturated heterocycles. The number of aromatic amines is 1. The van der Waals surface area contributed by atoms with Crippen molar-refractivity contribution in [1.29, 1.82) is 0 Å². The van der Waals surface area contributed by atoms with E-state index in [9.17, 15) is 18.0 Å². The highest BCUT2D eigenvalue weighted by molar-refractivity contribution is 6.00. The average Bonchev–Trinajstić information content (AvgIpc) is 3.54. The van der Waals surface area contributed by atoms with E-state index in [1.54, 1.807) is 17.3 Å². The molecule has 1 fully saturated rings. The average molecular weight is 526 g/mol. The summed E-state index contributed by atoms with van der Waals surface area (Å²) in [5, 5.41) is 11.0. The van der Waals surface area contributed by atoms with Gasteiger partial charge in [0, 0.05) is 54.7 Å². The number of benzene rings is 2. The van der Waals surface area contributed by atoms with E-state index in [4.69, 9.17) is 4.74 Å². The number of methoxy groups -OCH3 is 1. The number of rotatable bonds is 4. The van der Waals surface area contributed by atoms with Gasteiger partial charge in [0.25, 0.3) is 0 Å². The van der Waals surface area contributed by atoms with Crippen molar-refractivity contribution in [3.05, 3.63) is 66.5 Å². The molecule has 9 nitrogen and oxygen atoms in total. The number of nitrogens with zero attached hydrogens (tertiary/aromatic N) is 5. The van der Waals surface area contributed by atoms with Gasteiger partial charge in [-0.2, -0.15) is 18.3 Å². The zero-order valence-electron chi connectivity index (χ0n) is 20.6. The minimum atomic E-state index is -4.25. The number of nitrogens with one attached hydrogen (secondary N) is 2. The maximum Gasteiger partial charge on any atom is 0.401 e. The second kappa shape index (κ2) is 10.7. The van der Waals surface area contributed by atoms with Gasteiger partial charge in [0.2, 0.25) is 0 Å². The number of alkyl halides is 3. The first-order chi connectivity index (χ1) is 18.3. The predicted molar refractivity (Wildman–Crippen MR) is 136 cm³/mol. The number of ether oxygens (including phenoxy) is 1. The molecule has 6 rings (SSSR count). The molecule has 4 aromatic rings. The zero-order valence-corrected chi connectivity index (χ0v) is 20.6. The van der Waals surface area contributed by atoms with Crippen LogP contribution in [-0.2, 0) is 6.54 Å². The number of halogens is 3. The number of urea groups is 1. The molecule has 1 atom stereocenters. The van der Waals surface area contributed by atoms with Gasteiger partial charge in [0.05, 0.1) is 19.2 Å². The van der Waals surface area contributed by atoms with E-state index in [2.05, 4.69) is 25.5 Å². The molecular formula is C26H26F3N7O2. The summed E-state index contributed by atoms with van der Waals surface area (Å²) in [5.41, 5.74) is 3.62. The Kier molecular flexibility index (Phi) is 7.14. The highest BCUT2D eigenvalue weighted by Gasteiger charge is 2.38. The van der Waals surface area contributed by atoms with E-state index in [0.29, 0.717) is 36.5 Å². The molecule has 2 N–H and O–H groups in total. The van der Waals surface area contributed by atoms with Crippen molar-refractivity contribution in [2.45, 2.75) is 25.2 Å². The van der Waals surface area contributed by atoms with Gasteiger partial charge in [-0.15, -0.1) is 0 Å². The fourth-order valence-corrected chi connectivity index (χ4v) is 4.71. The van der Waals surface area contributed by atoms with Gasteiger partial charge in [-0.05, 0) is 24.1 Å². The number of amides is 2. The van der Waals surface area contributed by atoms with Crippen LogP contribution in [0.1, 0.15) is 12.0 Å². The van der Waals surface area contributed by atoms with E-state index >= 15 is 0 Å². The van der Waals surface area contributed by atoms with Crippen molar-refractivity contribution in [1.82, 2.24) is 30.0 Å². The Morgan fingerprint density at radius 2 is 1.76 bits per heavy atom. The molecule has 2 aliphatic heterocycles. The second-order valence-electron chi connectivity index (χ2n) is 9.09. The van der Waals surface area contributed by atoms with Crippen LogP contribution in [0.15, 0.2) is 60.9 Å². The van der Waals surface area contributed by atoms with Crippen molar-refractivity contribution in [3.63, 3.8) is 0 Å². The summed E-state index contributed by atoms with van der Waals surface area (Å²) in [7, 11) is 1.48. The molecule has 1 unspecified atom stereocenters. The van der Waals surface area contributed by atoms with Crippen molar-refractivity contribution in [2.24, 2.45) is 0 Å². The smallest absolute Gasteiger partial charge is 0.401 e. The lowest BCUT2D eigenvalue weighted by molar-refractivity contribution is -0.143. The minimum Gasteiger partial charge on any atom is -0.467 e. The lowest BCUT2D eigenvalue weighted by atomic mass is 10.0. The third kappa shape index (κ3) is 5.70. The van der Waals surface area contributed by atoms with Crippen LogP contribution in [0, 0.1) is 0 Å². The molecule has 198 valence electrons. The van der Waals surface area contributed by atoms with E-state index < -0.39 is 12.7 Å². The summed E-state index contributed by atoms with van der Waals surface area (Å²) in [6.45, 7) is -0.141. The van der Waals surface area contributed by atoms with Crippen LogP contribution in [0.4, 0.5) is 23.7 Å². The summed E-state index contributed by atoms with van der Waals surface area (Å²) < 4.78 is 43.2. The highest BCUT2D eigenvalue weighted by Crippen LogP contribution is 2.34. The Labute approximate surface area is 216 Å². The number of aromatic nitrogens is 4. The molecule has 2 aromatic carbocycles. The minimum absolute atomic E-state index is 0.199. The van der Waals surface area contributed by atoms with Gasteiger partial charge in [0.15, 0.2) is 0 Å². The molecule has 4 heterocycles. The van der Waals surface area contributed by atoms with Gasteiger partial charge in [-0.3, -0.25) is 10.00 Å². The van der Waals surface area contributed by atoms with E-state index in [1.165, 1.54) is 12.0 Å². The number of H-pyrrole nitrogens is 1. The molecule has 38 heavy (non-hydrogen) atoms. The maximum atomic E-state index is 12.7. The number of hydrogen-bond acceptors (Lipinski definition) is 6. The van der Waals surface area contributed by atoms with Crippen LogP contribution in [-0.4, -0.2) is 75.0 Å². The first-order valence-corrected chi connectivity index (χ1v) is 12.0. The largest absolute Gasteiger partial charge is 0.467 e. The van der Waals surface area contributed by atoms with E-state index in [-0.39, 0.29) is 24.6 Å². The fourth-order valence-electron chi connectivity index (χ4n) is 4.71. The SMILES string of the molecule is COc1ncc(-c2n[nH]c3cc4c(cc23)CN(C2CCN(CC(F)(F)F)C2)C(=O)N4)cn1.c1ccccc1. The van der Waals surface area contributed by atoms with Crippen molar-refractivity contribution < 1.29 is 22.7 Å². The molecule has 0 saturated carbocycles. The molecule has 0 spiro atoms. The first kappa shape index (κ1) is 25.5. The monoisotopic (exact) mass is 525 g/mol. The summed E-state index contributed by atoms with van der Waals surface area (Å²) >= 11 is 0. The summed E-state index contributed by atoms with van der Waals surface area (Å²) in [5.74, 6) is 0. The van der Waals surface area contributed by atoms with Crippen LogP contribution >= 0.6 is 0 Å². The van der Waals surface area contributed by atoms with Crippen molar-refractivity contribution in [3.8, 4) is 17.3 Å². The first-order valence-electron chi connectivity index (χ1n) is 12.0. The zero-order chi connectivity index (χ0) is 26.7. The quantitative estimate of drug-likeness (QED) is 0.401. The Bertz CT molecular complexity index is 1370. The Hall–Kier alpha value is -4.19. The Balaban J connectivity index is 0.000000433. The highest BCUT2D eigenvalue weighted by atomic mass is 19.4. The number of anilines is 1. The predicted octanol–water partition coefficient (Wildman–Crippen LogP) is 4.70. The van der Waals surface area contributed by atoms with Gasteiger partial charge in [0.1, 0.15) is 5.69 Å². The number of likely N-dealkylation sites (tertiary alicyclic amines) is 1. The molecule has 2 aromatic heterocycles. The van der Waals surface area contributed by atoms with Crippen LogP contribution in [0.3, 0.4) is 0 Å². The molecular weight excluding hydrogens is 499 g/mol. The Morgan fingerprint density at radius 1 is 1.08 bits per heavy atom. The number of hydrogen-bond donors (Lipinski definition) is 2. The fraction of sp³-hybridized carbons (Fsp3) is 0.308. The molecule has 2 aliphatic rings. The molecule has 0 bridgehead atoms. The third-order valence-corrected chi connectivity index (χ3v) is 6.47. The van der Waals surface area contributed by atoms with Crippen LogP contribution in [0.25, 0.3) is 22.2 Å². The number of fused-ring (bicyclic) bond motifs is 2. The summed E-state index contributed by atoms with van der Waals surface area (Å²) in [6.07, 6.45) is -0.521. The molecule has 0 radical (unpaired) electrons. The van der Waals surface area contributed by atoms with E-state index in [0.717, 1.165) is 16.5 Å². The number of carbonyl (C=O) groups is 1. The van der Waals surface area contributed by atoms with Gasteiger partial charge < -0.3 is 15.0 Å². The van der Waals surface area contributed by atoms with Crippen LogP contribution in [0.2, 0.25) is 0 Å². The lowest BCUT2D eigenvalue weighted by Crippen LogP contribution is -2.46. The molecule has 2 amide bonds. The maximum absolute atomic E-state index is 12.7. The van der Waals surface area contributed by atoms with Crippen molar-refractivity contribution in [2.75, 3.05) is 32.1 Å². The normalized spacial score (nSPS) is 17.5.